The highest BCUT2D eigenvalue weighted by Crippen LogP contribution is 2.37. The maximum absolute atomic E-state index is 11.4. The lowest BCUT2D eigenvalue weighted by molar-refractivity contribution is 0.0957. The third-order valence-corrected chi connectivity index (χ3v) is 3.89. The largest absolute Gasteiger partial charge is 0.366 e. The van der Waals surface area contributed by atoms with E-state index in [-0.39, 0.29) is 5.91 Å². The van der Waals surface area contributed by atoms with E-state index in [1.54, 1.807) is 19.2 Å². The van der Waals surface area contributed by atoms with Crippen LogP contribution in [0.1, 0.15) is 34.8 Å². The van der Waals surface area contributed by atoms with Gasteiger partial charge in [-0.15, -0.1) is 10.2 Å². The normalized spacial score (nSPS) is 20.4. The van der Waals surface area contributed by atoms with Gasteiger partial charge in [0.1, 0.15) is 5.82 Å². The van der Waals surface area contributed by atoms with Crippen LogP contribution in [0.15, 0.2) is 42.5 Å². The monoisotopic (exact) mass is 282 g/mol. The van der Waals surface area contributed by atoms with Crippen LogP contribution in [0.3, 0.4) is 0 Å². The molecule has 1 saturated carbocycles. The molecule has 1 aliphatic rings. The van der Waals surface area contributed by atoms with Crippen LogP contribution in [0.5, 0.6) is 0 Å². The third kappa shape index (κ3) is 3.02. The molecule has 1 amide bonds. The second kappa shape index (κ2) is 5.91. The van der Waals surface area contributed by atoms with Crippen LogP contribution >= 0.6 is 0 Å². The van der Waals surface area contributed by atoms with E-state index in [0.29, 0.717) is 17.7 Å². The molecule has 3 rings (SSSR count). The zero-order valence-corrected chi connectivity index (χ0v) is 11.9. The predicted molar refractivity (Wildman–Crippen MR) is 81.2 cm³/mol. The van der Waals surface area contributed by atoms with Crippen molar-refractivity contribution in [1.82, 2.24) is 15.5 Å². The number of anilines is 1. The van der Waals surface area contributed by atoms with Crippen molar-refractivity contribution in [3.05, 3.63) is 53.7 Å². The summed E-state index contributed by atoms with van der Waals surface area (Å²) in [5.74, 6) is 1.13. The summed E-state index contributed by atoms with van der Waals surface area (Å²) >= 11 is 0. The van der Waals surface area contributed by atoms with Crippen LogP contribution < -0.4 is 10.6 Å². The van der Waals surface area contributed by atoms with Crippen LogP contribution in [-0.4, -0.2) is 29.2 Å². The van der Waals surface area contributed by atoms with E-state index in [2.05, 4.69) is 45.1 Å². The molecular formula is C16H18N4O. The van der Waals surface area contributed by atoms with Crippen molar-refractivity contribution in [2.45, 2.75) is 24.8 Å². The quantitative estimate of drug-likeness (QED) is 0.902. The van der Waals surface area contributed by atoms with Crippen LogP contribution in [-0.2, 0) is 0 Å². The minimum Gasteiger partial charge on any atom is -0.366 e. The first-order valence-corrected chi connectivity index (χ1v) is 7.13. The fourth-order valence-corrected chi connectivity index (χ4v) is 2.60. The van der Waals surface area contributed by atoms with E-state index in [9.17, 15) is 4.79 Å². The molecule has 108 valence electrons. The Bertz CT molecular complexity index is 606. The predicted octanol–water partition coefficient (Wildman–Crippen LogP) is 2.19. The molecule has 1 aromatic heterocycles. The van der Waals surface area contributed by atoms with Gasteiger partial charge < -0.3 is 10.6 Å². The highest BCUT2D eigenvalue weighted by Gasteiger charge is 2.30. The Morgan fingerprint density at radius 2 is 1.86 bits per heavy atom. The van der Waals surface area contributed by atoms with Crippen LogP contribution in [0.2, 0.25) is 0 Å². The first-order chi connectivity index (χ1) is 10.3. The summed E-state index contributed by atoms with van der Waals surface area (Å²) in [6, 6.07) is 14.5. The average molecular weight is 282 g/mol. The topological polar surface area (TPSA) is 66.9 Å². The molecule has 0 radical (unpaired) electrons. The fourth-order valence-electron chi connectivity index (χ4n) is 2.60. The first kappa shape index (κ1) is 13.5. The summed E-state index contributed by atoms with van der Waals surface area (Å²) in [4.78, 5) is 11.4. The van der Waals surface area contributed by atoms with Crippen molar-refractivity contribution in [2.24, 2.45) is 0 Å². The standard InChI is InChI=1S/C16H18N4O/c1-17-16(21)14-7-8-15(20-19-14)18-13-9-12(10-13)11-5-3-2-4-6-11/h2-8,12-13H,9-10H2,1H3,(H,17,21)(H,18,20). The molecule has 5 heteroatoms. The highest BCUT2D eigenvalue weighted by atomic mass is 16.1. The van der Waals surface area contributed by atoms with Gasteiger partial charge in [-0.1, -0.05) is 30.3 Å². The molecule has 0 unspecified atom stereocenters. The van der Waals surface area contributed by atoms with Gasteiger partial charge in [0, 0.05) is 13.1 Å². The minimum atomic E-state index is -0.221. The van der Waals surface area contributed by atoms with E-state index < -0.39 is 0 Å². The summed E-state index contributed by atoms with van der Waals surface area (Å²) in [5.41, 5.74) is 1.73. The van der Waals surface area contributed by atoms with Crippen molar-refractivity contribution in [1.29, 1.82) is 0 Å². The highest BCUT2D eigenvalue weighted by molar-refractivity contribution is 5.91. The number of amides is 1. The number of carbonyl (C=O) groups excluding carboxylic acids is 1. The number of carbonyl (C=O) groups is 1. The van der Waals surface area contributed by atoms with Crippen molar-refractivity contribution < 1.29 is 4.79 Å². The Balaban J connectivity index is 1.54. The number of hydrogen-bond donors (Lipinski definition) is 2. The van der Waals surface area contributed by atoms with Gasteiger partial charge in [0.25, 0.3) is 5.91 Å². The molecule has 0 atom stereocenters. The summed E-state index contributed by atoms with van der Waals surface area (Å²) in [6.45, 7) is 0. The Kier molecular flexibility index (Phi) is 3.81. The van der Waals surface area contributed by atoms with Gasteiger partial charge >= 0.3 is 0 Å². The van der Waals surface area contributed by atoms with E-state index in [1.165, 1.54) is 5.56 Å². The molecule has 1 aliphatic carbocycles. The molecule has 0 bridgehead atoms. The first-order valence-electron chi connectivity index (χ1n) is 7.13. The minimum absolute atomic E-state index is 0.221. The number of hydrogen-bond acceptors (Lipinski definition) is 4. The molecule has 0 spiro atoms. The molecule has 21 heavy (non-hydrogen) atoms. The van der Waals surface area contributed by atoms with Crippen LogP contribution in [0, 0.1) is 0 Å². The third-order valence-electron chi connectivity index (χ3n) is 3.89. The lowest BCUT2D eigenvalue weighted by atomic mass is 9.76. The number of aromatic nitrogens is 2. The Morgan fingerprint density at radius 1 is 1.10 bits per heavy atom. The smallest absolute Gasteiger partial charge is 0.271 e. The molecule has 1 heterocycles. The molecular weight excluding hydrogens is 264 g/mol. The SMILES string of the molecule is CNC(=O)c1ccc(NC2CC(c3ccccc3)C2)nn1. The van der Waals surface area contributed by atoms with Gasteiger partial charge in [0.05, 0.1) is 0 Å². The molecule has 0 aliphatic heterocycles. The second-order valence-electron chi connectivity index (χ2n) is 5.30. The lowest BCUT2D eigenvalue weighted by Crippen LogP contribution is -2.34. The van der Waals surface area contributed by atoms with Crippen molar-refractivity contribution in [3.8, 4) is 0 Å². The fraction of sp³-hybridized carbons (Fsp3) is 0.312. The van der Waals surface area contributed by atoms with Crippen molar-refractivity contribution >= 4 is 11.7 Å². The van der Waals surface area contributed by atoms with Crippen LogP contribution in [0.4, 0.5) is 5.82 Å². The number of nitrogens with zero attached hydrogens (tertiary/aromatic N) is 2. The molecule has 1 fully saturated rings. The Hall–Kier alpha value is -2.43. The van der Waals surface area contributed by atoms with Gasteiger partial charge in [-0.05, 0) is 36.5 Å². The van der Waals surface area contributed by atoms with E-state index in [4.69, 9.17) is 0 Å². The summed E-state index contributed by atoms with van der Waals surface area (Å²) in [7, 11) is 1.58. The number of nitrogens with one attached hydrogen (secondary N) is 2. The zero-order chi connectivity index (χ0) is 14.7. The van der Waals surface area contributed by atoms with Gasteiger partial charge in [-0.2, -0.15) is 0 Å². The summed E-state index contributed by atoms with van der Waals surface area (Å²) in [5, 5.41) is 13.8. The maximum atomic E-state index is 11.4. The number of rotatable bonds is 4. The van der Waals surface area contributed by atoms with E-state index >= 15 is 0 Å². The number of benzene rings is 1. The molecule has 2 aromatic rings. The Morgan fingerprint density at radius 3 is 2.48 bits per heavy atom. The molecule has 2 N–H and O–H groups in total. The second-order valence-corrected chi connectivity index (χ2v) is 5.30. The van der Waals surface area contributed by atoms with Crippen LogP contribution in [0.25, 0.3) is 0 Å². The average Bonchev–Trinajstić information content (AvgIpc) is 2.51. The van der Waals surface area contributed by atoms with Gasteiger partial charge in [-0.25, -0.2) is 0 Å². The van der Waals surface area contributed by atoms with E-state index in [1.807, 2.05) is 6.07 Å². The molecule has 5 nitrogen and oxygen atoms in total. The molecule has 1 aromatic carbocycles. The van der Waals surface area contributed by atoms with Gasteiger partial charge in [0.2, 0.25) is 0 Å². The Labute approximate surface area is 123 Å². The summed E-state index contributed by atoms with van der Waals surface area (Å²) < 4.78 is 0. The molecule has 0 saturated heterocycles. The van der Waals surface area contributed by atoms with Crippen molar-refractivity contribution in [3.63, 3.8) is 0 Å². The van der Waals surface area contributed by atoms with Gasteiger partial charge in [-0.3, -0.25) is 4.79 Å². The maximum Gasteiger partial charge on any atom is 0.271 e. The van der Waals surface area contributed by atoms with Gasteiger partial charge in [0.15, 0.2) is 5.69 Å². The zero-order valence-electron chi connectivity index (χ0n) is 11.9. The van der Waals surface area contributed by atoms with Crippen molar-refractivity contribution in [2.75, 3.05) is 12.4 Å². The van der Waals surface area contributed by atoms with E-state index in [0.717, 1.165) is 18.7 Å². The summed E-state index contributed by atoms with van der Waals surface area (Å²) in [6.07, 6.45) is 2.20. The lowest BCUT2D eigenvalue weighted by Gasteiger charge is -2.36.